The molecule has 1 heterocycles. The van der Waals surface area contributed by atoms with Crippen LogP contribution in [0.5, 0.6) is 0 Å². The van der Waals surface area contributed by atoms with Gasteiger partial charge in [0.15, 0.2) is 0 Å². The van der Waals surface area contributed by atoms with Crippen molar-refractivity contribution in [3.63, 3.8) is 0 Å². The van der Waals surface area contributed by atoms with Crippen molar-refractivity contribution in [1.82, 2.24) is 4.90 Å². The number of hydrogen-bond donors (Lipinski definition) is 0. The quantitative estimate of drug-likeness (QED) is 0.588. The van der Waals surface area contributed by atoms with Gasteiger partial charge in [0.2, 0.25) is 5.91 Å². The Balaban J connectivity index is 3.13. The summed E-state index contributed by atoms with van der Waals surface area (Å²) in [6, 6.07) is -0.0309. The van der Waals surface area contributed by atoms with Gasteiger partial charge < -0.3 is 9.64 Å². The van der Waals surface area contributed by atoms with Crippen LogP contribution in [0, 0.1) is 11.3 Å². The predicted molar refractivity (Wildman–Crippen MR) is 79.1 cm³/mol. The van der Waals surface area contributed by atoms with Gasteiger partial charge in [-0.05, 0) is 32.6 Å². The molecule has 1 unspecified atom stereocenters. The van der Waals surface area contributed by atoms with E-state index in [1.54, 1.807) is 11.0 Å². The van der Waals surface area contributed by atoms with Crippen LogP contribution in [0.25, 0.3) is 0 Å². The minimum absolute atomic E-state index is 0.0309. The summed E-state index contributed by atoms with van der Waals surface area (Å²) in [5.41, 5.74) is -0.775. The van der Waals surface area contributed by atoms with Crippen molar-refractivity contribution in [2.45, 2.75) is 59.7 Å². The van der Waals surface area contributed by atoms with Crippen LogP contribution < -0.4 is 0 Å². The van der Waals surface area contributed by atoms with Crippen LogP contribution in [0.3, 0.4) is 0 Å². The standard InChI is InChI=1S/C16H27NO3/c1-8-9-12(11(2)18)14(19)17-13(15(3,4)5)10-20-16(17,6)7/h8,12-13H,1,9-10H2,2-7H3/t12?,13-/m1/s1. The number of carbonyl (C=O) groups excluding carboxylic acids is 2. The van der Waals surface area contributed by atoms with E-state index < -0.39 is 11.6 Å². The summed E-state index contributed by atoms with van der Waals surface area (Å²) in [6.07, 6.45) is 2.00. The van der Waals surface area contributed by atoms with Crippen LogP contribution in [0.1, 0.15) is 48.0 Å². The van der Waals surface area contributed by atoms with Crippen molar-refractivity contribution in [2.24, 2.45) is 11.3 Å². The number of ketones is 1. The van der Waals surface area contributed by atoms with Crippen LogP contribution >= 0.6 is 0 Å². The van der Waals surface area contributed by atoms with Crippen molar-refractivity contribution in [3.05, 3.63) is 12.7 Å². The molecule has 1 aliphatic heterocycles. The van der Waals surface area contributed by atoms with E-state index >= 15 is 0 Å². The predicted octanol–water partition coefficient (Wildman–Crippen LogP) is 2.78. The smallest absolute Gasteiger partial charge is 0.236 e. The third kappa shape index (κ3) is 3.29. The summed E-state index contributed by atoms with van der Waals surface area (Å²) in [5, 5.41) is 0. The third-order valence-corrected chi connectivity index (χ3v) is 3.91. The van der Waals surface area contributed by atoms with Crippen LogP contribution in [-0.4, -0.2) is 35.0 Å². The Labute approximate surface area is 122 Å². The van der Waals surface area contributed by atoms with Gasteiger partial charge in [-0.1, -0.05) is 26.8 Å². The van der Waals surface area contributed by atoms with Crippen LogP contribution in [0.4, 0.5) is 0 Å². The molecule has 0 aromatic rings. The number of hydrogen-bond acceptors (Lipinski definition) is 3. The molecule has 4 heteroatoms. The Morgan fingerprint density at radius 1 is 1.45 bits per heavy atom. The van der Waals surface area contributed by atoms with Crippen molar-refractivity contribution < 1.29 is 14.3 Å². The maximum absolute atomic E-state index is 12.8. The first-order valence-corrected chi connectivity index (χ1v) is 7.11. The van der Waals surface area contributed by atoms with E-state index in [1.165, 1.54) is 6.92 Å². The maximum Gasteiger partial charge on any atom is 0.236 e. The fourth-order valence-corrected chi connectivity index (χ4v) is 2.63. The highest BCUT2D eigenvalue weighted by molar-refractivity contribution is 6.00. The minimum atomic E-state index is -0.677. The molecule has 0 saturated carbocycles. The molecule has 0 aliphatic carbocycles. The molecule has 0 spiro atoms. The zero-order valence-corrected chi connectivity index (χ0v) is 13.5. The van der Waals surface area contributed by atoms with Gasteiger partial charge in [0.05, 0.1) is 18.6 Å². The van der Waals surface area contributed by atoms with Gasteiger partial charge in [-0.25, -0.2) is 0 Å². The van der Waals surface area contributed by atoms with Crippen molar-refractivity contribution >= 4 is 11.7 Å². The molecule has 1 amide bonds. The van der Waals surface area contributed by atoms with E-state index in [4.69, 9.17) is 4.74 Å². The molecule has 20 heavy (non-hydrogen) atoms. The molecular weight excluding hydrogens is 254 g/mol. The Kier molecular flexibility index (Phi) is 4.80. The van der Waals surface area contributed by atoms with Crippen molar-refractivity contribution in [1.29, 1.82) is 0 Å². The first-order valence-electron chi connectivity index (χ1n) is 7.11. The van der Waals surface area contributed by atoms with Gasteiger partial charge in [-0.15, -0.1) is 6.58 Å². The van der Waals surface area contributed by atoms with Gasteiger partial charge in [-0.3, -0.25) is 9.59 Å². The van der Waals surface area contributed by atoms with E-state index in [0.29, 0.717) is 13.0 Å². The highest BCUT2D eigenvalue weighted by Crippen LogP contribution is 2.38. The molecule has 0 bridgehead atoms. The number of amides is 1. The summed E-state index contributed by atoms with van der Waals surface area (Å²) >= 11 is 0. The van der Waals surface area contributed by atoms with Crippen LogP contribution in [0.15, 0.2) is 12.7 Å². The number of ether oxygens (including phenoxy) is 1. The second kappa shape index (κ2) is 5.68. The normalized spacial score (nSPS) is 23.5. The molecule has 1 saturated heterocycles. The first-order chi connectivity index (χ1) is 9.02. The van der Waals surface area contributed by atoms with E-state index in [0.717, 1.165) is 0 Å². The molecule has 1 fully saturated rings. The van der Waals surface area contributed by atoms with E-state index in [1.807, 2.05) is 13.8 Å². The molecular formula is C16H27NO3. The lowest BCUT2D eigenvalue weighted by Crippen LogP contribution is -2.54. The van der Waals surface area contributed by atoms with Crippen molar-refractivity contribution in [3.8, 4) is 0 Å². The van der Waals surface area contributed by atoms with Gasteiger partial charge in [0.1, 0.15) is 11.5 Å². The number of nitrogens with zero attached hydrogens (tertiary/aromatic N) is 1. The second-order valence-corrected chi connectivity index (χ2v) is 7.04. The summed E-state index contributed by atoms with van der Waals surface area (Å²) in [5.74, 6) is -0.927. The molecule has 0 radical (unpaired) electrons. The highest BCUT2D eigenvalue weighted by Gasteiger charge is 2.49. The third-order valence-electron chi connectivity index (χ3n) is 3.91. The van der Waals surface area contributed by atoms with E-state index in [9.17, 15) is 9.59 Å². The molecule has 1 aliphatic rings. The van der Waals surface area contributed by atoms with Crippen LogP contribution in [-0.2, 0) is 14.3 Å². The summed E-state index contributed by atoms with van der Waals surface area (Å²) < 4.78 is 5.79. The van der Waals surface area contributed by atoms with Crippen molar-refractivity contribution in [2.75, 3.05) is 6.61 Å². The van der Waals surface area contributed by atoms with Gasteiger partial charge in [0.25, 0.3) is 0 Å². The highest BCUT2D eigenvalue weighted by atomic mass is 16.5. The Morgan fingerprint density at radius 3 is 2.40 bits per heavy atom. The fourth-order valence-electron chi connectivity index (χ4n) is 2.63. The molecule has 0 aromatic carbocycles. The summed E-state index contributed by atoms with van der Waals surface area (Å²) in [7, 11) is 0. The molecule has 0 N–H and O–H groups in total. The lowest BCUT2D eigenvalue weighted by Gasteiger charge is -2.40. The lowest BCUT2D eigenvalue weighted by molar-refractivity contribution is -0.154. The SMILES string of the molecule is C=CCC(C(C)=O)C(=O)N1[C@@H](C(C)(C)C)COC1(C)C. The van der Waals surface area contributed by atoms with Crippen LogP contribution in [0.2, 0.25) is 0 Å². The number of Topliss-reactive ketones (excluding diaryl/α,β-unsaturated/α-hetero) is 1. The second-order valence-electron chi connectivity index (χ2n) is 7.04. The monoisotopic (exact) mass is 281 g/mol. The minimum Gasteiger partial charge on any atom is -0.354 e. The number of rotatable bonds is 4. The average Bonchev–Trinajstić information content (AvgIpc) is 2.60. The average molecular weight is 281 g/mol. The molecule has 1 rings (SSSR count). The Hall–Kier alpha value is -1.16. The number of allylic oxidation sites excluding steroid dienone is 1. The zero-order valence-electron chi connectivity index (χ0n) is 13.5. The molecule has 2 atom stereocenters. The Morgan fingerprint density at radius 2 is 2.00 bits per heavy atom. The lowest BCUT2D eigenvalue weighted by atomic mass is 9.85. The van der Waals surface area contributed by atoms with Gasteiger partial charge in [0, 0.05) is 0 Å². The molecule has 0 aromatic heterocycles. The van der Waals surface area contributed by atoms with E-state index in [2.05, 4.69) is 27.4 Å². The zero-order chi connectivity index (χ0) is 15.7. The fraction of sp³-hybridized carbons (Fsp3) is 0.750. The molecule has 4 nitrogen and oxygen atoms in total. The Bertz CT molecular complexity index is 406. The number of carbonyl (C=O) groups is 2. The maximum atomic E-state index is 12.8. The summed E-state index contributed by atoms with van der Waals surface area (Å²) in [6.45, 7) is 15.6. The topological polar surface area (TPSA) is 46.6 Å². The first kappa shape index (κ1) is 16.9. The molecule has 114 valence electrons. The van der Waals surface area contributed by atoms with Gasteiger partial charge in [-0.2, -0.15) is 0 Å². The van der Waals surface area contributed by atoms with Gasteiger partial charge >= 0.3 is 0 Å². The van der Waals surface area contributed by atoms with E-state index in [-0.39, 0.29) is 23.1 Å². The largest absolute Gasteiger partial charge is 0.354 e. The summed E-state index contributed by atoms with van der Waals surface area (Å²) in [4.78, 5) is 26.3.